The summed E-state index contributed by atoms with van der Waals surface area (Å²) in [6, 6.07) is 10.7. The van der Waals surface area contributed by atoms with Crippen molar-refractivity contribution in [1.29, 1.82) is 0 Å². The molecule has 2 heterocycles. The molecular weight excluding hydrogens is 248 g/mol. The summed E-state index contributed by atoms with van der Waals surface area (Å²) >= 11 is 0. The maximum Gasteiger partial charge on any atom is 0.0789 e. The third kappa shape index (κ3) is 2.43. The fourth-order valence-corrected chi connectivity index (χ4v) is 2.89. The van der Waals surface area contributed by atoms with Crippen molar-refractivity contribution in [3.05, 3.63) is 42.2 Å². The van der Waals surface area contributed by atoms with Gasteiger partial charge in [0.25, 0.3) is 0 Å². The Bertz CT molecular complexity index is 553. The van der Waals surface area contributed by atoms with E-state index in [1.54, 1.807) is 0 Å². The van der Waals surface area contributed by atoms with E-state index in [-0.39, 0.29) is 0 Å². The maximum absolute atomic E-state index is 5.99. The van der Waals surface area contributed by atoms with Crippen molar-refractivity contribution in [2.75, 3.05) is 18.0 Å². The summed E-state index contributed by atoms with van der Waals surface area (Å²) in [4.78, 5) is 2.43. The zero-order chi connectivity index (χ0) is 13.9. The Kier molecular flexibility index (Phi) is 3.74. The van der Waals surface area contributed by atoms with Gasteiger partial charge in [-0.25, -0.2) is 4.68 Å². The smallest absolute Gasteiger partial charge is 0.0789 e. The Morgan fingerprint density at radius 2 is 1.90 bits per heavy atom. The van der Waals surface area contributed by atoms with Crippen molar-refractivity contribution < 1.29 is 0 Å². The molecule has 0 radical (unpaired) electrons. The minimum atomic E-state index is 0.362. The molecule has 1 saturated heterocycles. The van der Waals surface area contributed by atoms with E-state index in [0.29, 0.717) is 6.04 Å². The van der Waals surface area contributed by atoms with Crippen molar-refractivity contribution >= 4 is 5.69 Å². The topological polar surface area (TPSA) is 47.1 Å². The summed E-state index contributed by atoms with van der Waals surface area (Å²) in [5.74, 6) is 0. The molecule has 4 nitrogen and oxygen atoms in total. The summed E-state index contributed by atoms with van der Waals surface area (Å²) in [7, 11) is 0. The minimum Gasteiger partial charge on any atom is -0.369 e. The van der Waals surface area contributed by atoms with Crippen LogP contribution < -0.4 is 10.6 Å². The first kappa shape index (κ1) is 13.2. The molecule has 1 aliphatic heterocycles. The van der Waals surface area contributed by atoms with Crippen molar-refractivity contribution in [2.45, 2.75) is 32.2 Å². The number of piperidine rings is 1. The fraction of sp³-hybridized carbons (Fsp3) is 0.438. The highest BCUT2D eigenvalue weighted by Gasteiger charge is 2.21. The summed E-state index contributed by atoms with van der Waals surface area (Å²) in [6.07, 6.45) is 5.12. The van der Waals surface area contributed by atoms with Crippen LogP contribution in [0, 0.1) is 0 Å². The lowest BCUT2D eigenvalue weighted by molar-refractivity contribution is 0.500. The lowest BCUT2D eigenvalue weighted by Crippen LogP contribution is -2.39. The van der Waals surface area contributed by atoms with E-state index in [1.165, 1.54) is 11.4 Å². The third-order valence-electron chi connectivity index (χ3n) is 4.06. The number of hydrogen-bond acceptors (Lipinski definition) is 3. The number of rotatable bonds is 3. The van der Waals surface area contributed by atoms with Gasteiger partial charge >= 0.3 is 0 Å². The van der Waals surface area contributed by atoms with Crippen molar-refractivity contribution in [3.63, 3.8) is 0 Å². The van der Waals surface area contributed by atoms with E-state index in [1.807, 2.05) is 12.3 Å². The number of nitrogens with two attached hydrogens (primary N) is 1. The average Bonchev–Trinajstić information content (AvgIpc) is 2.93. The Morgan fingerprint density at radius 3 is 2.55 bits per heavy atom. The zero-order valence-corrected chi connectivity index (χ0v) is 12.0. The number of aromatic nitrogens is 2. The Balaban J connectivity index is 1.92. The first-order valence-corrected chi connectivity index (χ1v) is 7.42. The molecule has 0 saturated carbocycles. The van der Waals surface area contributed by atoms with Crippen LogP contribution >= 0.6 is 0 Å². The second-order valence-corrected chi connectivity index (χ2v) is 5.40. The van der Waals surface area contributed by atoms with Crippen LogP contribution in [-0.4, -0.2) is 28.9 Å². The molecule has 0 bridgehead atoms. The Morgan fingerprint density at radius 1 is 1.20 bits per heavy atom. The van der Waals surface area contributed by atoms with Crippen LogP contribution in [0.4, 0.5) is 5.69 Å². The minimum absolute atomic E-state index is 0.362. The van der Waals surface area contributed by atoms with Crippen LogP contribution in [0.5, 0.6) is 0 Å². The molecular formula is C16H22N4. The first-order valence-electron chi connectivity index (χ1n) is 7.42. The molecule has 4 heteroatoms. The lowest BCUT2D eigenvalue weighted by atomic mass is 10.1. The average molecular weight is 270 g/mol. The van der Waals surface area contributed by atoms with E-state index in [9.17, 15) is 0 Å². The molecule has 106 valence electrons. The third-order valence-corrected chi connectivity index (χ3v) is 4.06. The summed E-state index contributed by atoms with van der Waals surface area (Å²) in [6.45, 7) is 4.26. The molecule has 1 aromatic heterocycles. The summed E-state index contributed by atoms with van der Waals surface area (Å²) < 4.78 is 2.06. The molecule has 0 unspecified atom stereocenters. The molecule has 1 aliphatic rings. The Hall–Kier alpha value is -1.81. The summed E-state index contributed by atoms with van der Waals surface area (Å²) in [5, 5.41) is 4.60. The van der Waals surface area contributed by atoms with Gasteiger partial charge < -0.3 is 10.6 Å². The molecule has 1 fully saturated rings. The SMILES string of the molecule is CCc1c(N2CCC(N)CC2)cnn1-c1ccccc1. The normalized spacial score (nSPS) is 16.6. The van der Waals surface area contributed by atoms with E-state index < -0.39 is 0 Å². The number of benzene rings is 1. The van der Waals surface area contributed by atoms with E-state index >= 15 is 0 Å². The molecule has 3 rings (SSSR count). The second-order valence-electron chi connectivity index (χ2n) is 5.40. The highest BCUT2D eigenvalue weighted by molar-refractivity contribution is 5.53. The van der Waals surface area contributed by atoms with Gasteiger partial charge in [0, 0.05) is 19.1 Å². The molecule has 2 aromatic rings. The zero-order valence-electron chi connectivity index (χ0n) is 12.0. The molecule has 0 atom stereocenters. The van der Waals surface area contributed by atoms with E-state index in [0.717, 1.165) is 38.0 Å². The quantitative estimate of drug-likeness (QED) is 0.931. The standard InChI is InChI=1S/C16H22N4/c1-2-15-16(19-10-8-13(17)9-11-19)12-18-20(15)14-6-4-3-5-7-14/h3-7,12-13H,2,8-11,17H2,1H3. The van der Waals surface area contributed by atoms with Crippen molar-refractivity contribution in [3.8, 4) is 5.69 Å². The van der Waals surface area contributed by atoms with Gasteiger partial charge in [0.2, 0.25) is 0 Å². The van der Waals surface area contributed by atoms with Crippen molar-refractivity contribution in [2.24, 2.45) is 5.73 Å². The first-order chi connectivity index (χ1) is 9.79. The van der Waals surface area contributed by atoms with Gasteiger partial charge in [0.15, 0.2) is 0 Å². The highest BCUT2D eigenvalue weighted by Crippen LogP contribution is 2.26. The predicted molar refractivity (Wildman–Crippen MR) is 82.4 cm³/mol. The number of para-hydroxylation sites is 1. The summed E-state index contributed by atoms with van der Waals surface area (Å²) in [5.41, 5.74) is 9.67. The van der Waals surface area contributed by atoms with Gasteiger partial charge in [-0.15, -0.1) is 0 Å². The van der Waals surface area contributed by atoms with Crippen molar-refractivity contribution in [1.82, 2.24) is 9.78 Å². The van der Waals surface area contributed by atoms with Crippen LogP contribution in [0.2, 0.25) is 0 Å². The molecule has 0 aliphatic carbocycles. The molecule has 2 N–H and O–H groups in total. The fourth-order valence-electron chi connectivity index (χ4n) is 2.89. The van der Waals surface area contributed by atoms with Crippen LogP contribution in [0.3, 0.4) is 0 Å². The van der Waals surface area contributed by atoms with E-state index in [2.05, 4.69) is 45.9 Å². The van der Waals surface area contributed by atoms with E-state index in [4.69, 9.17) is 5.73 Å². The van der Waals surface area contributed by atoms with Gasteiger partial charge in [-0.3, -0.25) is 0 Å². The number of nitrogens with zero attached hydrogens (tertiary/aromatic N) is 3. The van der Waals surface area contributed by atoms with Gasteiger partial charge in [-0.2, -0.15) is 5.10 Å². The van der Waals surface area contributed by atoms with Crippen LogP contribution in [0.1, 0.15) is 25.5 Å². The van der Waals surface area contributed by atoms with Crippen LogP contribution in [0.25, 0.3) is 5.69 Å². The molecule has 0 amide bonds. The van der Waals surface area contributed by atoms with Gasteiger partial charge in [-0.05, 0) is 31.4 Å². The maximum atomic E-state index is 5.99. The molecule has 1 aromatic carbocycles. The van der Waals surface area contributed by atoms with Gasteiger partial charge in [0.05, 0.1) is 23.3 Å². The monoisotopic (exact) mass is 270 g/mol. The predicted octanol–water partition coefficient (Wildman–Crippen LogP) is 2.36. The molecule has 20 heavy (non-hydrogen) atoms. The number of hydrogen-bond donors (Lipinski definition) is 1. The molecule has 0 spiro atoms. The van der Waals surface area contributed by atoms with Crippen LogP contribution in [-0.2, 0) is 6.42 Å². The van der Waals surface area contributed by atoms with Gasteiger partial charge in [-0.1, -0.05) is 25.1 Å². The number of anilines is 1. The second kappa shape index (κ2) is 5.67. The van der Waals surface area contributed by atoms with Gasteiger partial charge in [0.1, 0.15) is 0 Å². The lowest BCUT2D eigenvalue weighted by Gasteiger charge is -2.31. The largest absolute Gasteiger partial charge is 0.369 e. The Labute approximate surface area is 120 Å². The highest BCUT2D eigenvalue weighted by atomic mass is 15.3. The van der Waals surface area contributed by atoms with Crippen LogP contribution in [0.15, 0.2) is 36.5 Å².